The SMILES string of the molecule is CN(C(=O)c1ccc(-c2ccc3c(c2)OCCO3)s1)[C@@H]1CCS(=O)(=O)C1. The van der Waals surface area contributed by atoms with E-state index in [1.165, 1.54) is 11.3 Å². The number of fused-ring (bicyclic) bond motifs is 1. The van der Waals surface area contributed by atoms with Crippen LogP contribution in [0.5, 0.6) is 11.5 Å². The maximum atomic E-state index is 12.7. The number of carbonyl (C=O) groups is 1. The molecule has 0 saturated carbocycles. The summed E-state index contributed by atoms with van der Waals surface area (Å²) in [6, 6.07) is 9.19. The normalized spacial score (nSPS) is 20.7. The predicted molar refractivity (Wildman–Crippen MR) is 99.9 cm³/mol. The van der Waals surface area contributed by atoms with Crippen LogP contribution in [0, 0.1) is 0 Å². The summed E-state index contributed by atoms with van der Waals surface area (Å²) in [5.74, 6) is 1.51. The maximum absolute atomic E-state index is 12.7. The maximum Gasteiger partial charge on any atom is 0.263 e. The van der Waals surface area contributed by atoms with E-state index in [4.69, 9.17) is 9.47 Å². The monoisotopic (exact) mass is 393 g/mol. The van der Waals surface area contributed by atoms with Gasteiger partial charge in [-0.25, -0.2) is 8.42 Å². The highest BCUT2D eigenvalue weighted by Crippen LogP contribution is 2.37. The topological polar surface area (TPSA) is 72.9 Å². The van der Waals surface area contributed by atoms with Crippen molar-refractivity contribution in [3.05, 3.63) is 35.2 Å². The molecule has 1 atom stereocenters. The Morgan fingerprint density at radius 2 is 1.92 bits per heavy atom. The van der Waals surface area contributed by atoms with Gasteiger partial charge in [0.25, 0.3) is 5.91 Å². The minimum Gasteiger partial charge on any atom is -0.486 e. The first kappa shape index (κ1) is 17.4. The van der Waals surface area contributed by atoms with Crippen LogP contribution in [-0.4, -0.2) is 57.0 Å². The van der Waals surface area contributed by atoms with Crippen LogP contribution < -0.4 is 9.47 Å². The number of rotatable bonds is 3. The minimum atomic E-state index is -3.02. The number of thiophene rings is 1. The molecule has 1 aromatic heterocycles. The van der Waals surface area contributed by atoms with Crippen LogP contribution >= 0.6 is 11.3 Å². The number of ether oxygens (including phenoxy) is 2. The van der Waals surface area contributed by atoms with E-state index in [1.807, 2.05) is 24.3 Å². The van der Waals surface area contributed by atoms with Gasteiger partial charge in [-0.2, -0.15) is 0 Å². The fourth-order valence-electron chi connectivity index (χ4n) is 3.23. The predicted octanol–water partition coefficient (Wildman–Crippen LogP) is 2.45. The van der Waals surface area contributed by atoms with E-state index in [9.17, 15) is 13.2 Å². The van der Waals surface area contributed by atoms with Crippen molar-refractivity contribution >= 4 is 27.1 Å². The molecule has 4 rings (SSSR count). The first-order valence-corrected chi connectivity index (χ1v) is 11.0. The van der Waals surface area contributed by atoms with E-state index in [1.54, 1.807) is 18.0 Å². The van der Waals surface area contributed by atoms with Crippen LogP contribution in [0.2, 0.25) is 0 Å². The zero-order valence-electron chi connectivity index (χ0n) is 14.3. The second-order valence-corrected chi connectivity index (χ2v) is 9.81. The van der Waals surface area contributed by atoms with E-state index in [2.05, 4.69) is 0 Å². The summed E-state index contributed by atoms with van der Waals surface area (Å²) in [6.07, 6.45) is 0.505. The molecule has 2 aliphatic heterocycles. The van der Waals surface area contributed by atoms with Gasteiger partial charge in [-0.1, -0.05) is 0 Å². The second kappa shape index (κ2) is 6.59. The summed E-state index contributed by atoms with van der Waals surface area (Å²) in [7, 11) is -1.34. The van der Waals surface area contributed by atoms with Crippen molar-refractivity contribution in [2.24, 2.45) is 0 Å². The van der Waals surface area contributed by atoms with Gasteiger partial charge in [0.05, 0.1) is 16.4 Å². The third-order valence-corrected chi connectivity index (χ3v) is 7.59. The zero-order valence-corrected chi connectivity index (χ0v) is 15.9. The number of nitrogens with zero attached hydrogens (tertiary/aromatic N) is 1. The van der Waals surface area contributed by atoms with Crippen LogP contribution in [0.15, 0.2) is 30.3 Å². The molecule has 2 aromatic rings. The highest BCUT2D eigenvalue weighted by atomic mass is 32.2. The van der Waals surface area contributed by atoms with Crippen molar-refractivity contribution in [3.63, 3.8) is 0 Å². The Morgan fingerprint density at radius 1 is 1.15 bits per heavy atom. The van der Waals surface area contributed by atoms with Gasteiger partial charge in [0.15, 0.2) is 21.3 Å². The van der Waals surface area contributed by atoms with Gasteiger partial charge in [-0.15, -0.1) is 11.3 Å². The molecule has 0 bridgehead atoms. The molecular weight excluding hydrogens is 374 g/mol. The molecule has 0 aliphatic carbocycles. The lowest BCUT2D eigenvalue weighted by Gasteiger charge is -2.22. The van der Waals surface area contributed by atoms with Gasteiger partial charge in [-0.05, 0) is 42.3 Å². The van der Waals surface area contributed by atoms with Gasteiger partial charge < -0.3 is 14.4 Å². The molecule has 26 heavy (non-hydrogen) atoms. The Morgan fingerprint density at radius 3 is 2.65 bits per heavy atom. The van der Waals surface area contributed by atoms with Crippen molar-refractivity contribution < 1.29 is 22.7 Å². The molecule has 3 heterocycles. The second-order valence-electron chi connectivity index (χ2n) is 6.50. The van der Waals surface area contributed by atoms with E-state index in [0.29, 0.717) is 30.3 Å². The fourth-order valence-corrected chi connectivity index (χ4v) is 5.98. The highest BCUT2D eigenvalue weighted by Gasteiger charge is 2.33. The largest absolute Gasteiger partial charge is 0.486 e. The number of carbonyl (C=O) groups excluding carboxylic acids is 1. The third kappa shape index (κ3) is 3.31. The lowest BCUT2D eigenvalue weighted by atomic mass is 10.1. The molecule has 0 N–H and O–H groups in total. The first-order chi connectivity index (χ1) is 12.4. The number of benzene rings is 1. The molecule has 1 aromatic carbocycles. The molecule has 1 saturated heterocycles. The van der Waals surface area contributed by atoms with E-state index >= 15 is 0 Å². The summed E-state index contributed by atoms with van der Waals surface area (Å²) < 4.78 is 34.5. The Bertz CT molecular complexity index is 950. The summed E-state index contributed by atoms with van der Waals surface area (Å²) in [4.78, 5) is 15.8. The summed E-state index contributed by atoms with van der Waals surface area (Å²) in [5.41, 5.74) is 0.962. The molecule has 1 amide bonds. The number of hydrogen-bond acceptors (Lipinski definition) is 6. The smallest absolute Gasteiger partial charge is 0.263 e. The van der Waals surface area contributed by atoms with Gasteiger partial charge in [0.2, 0.25) is 0 Å². The molecule has 1 fully saturated rings. The Hall–Kier alpha value is -2.06. The lowest BCUT2D eigenvalue weighted by molar-refractivity contribution is 0.0752. The van der Waals surface area contributed by atoms with Crippen LogP contribution in [-0.2, 0) is 9.84 Å². The molecule has 0 spiro atoms. The molecule has 138 valence electrons. The first-order valence-electron chi connectivity index (χ1n) is 8.40. The zero-order chi connectivity index (χ0) is 18.3. The number of hydrogen-bond donors (Lipinski definition) is 0. The van der Waals surface area contributed by atoms with Crippen molar-refractivity contribution in [1.82, 2.24) is 4.90 Å². The van der Waals surface area contributed by atoms with Gasteiger partial charge in [-0.3, -0.25) is 4.79 Å². The van der Waals surface area contributed by atoms with E-state index in [0.717, 1.165) is 16.2 Å². The molecule has 0 radical (unpaired) electrons. The average molecular weight is 393 g/mol. The van der Waals surface area contributed by atoms with E-state index in [-0.39, 0.29) is 23.5 Å². The Labute approximate surface area is 156 Å². The lowest BCUT2D eigenvalue weighted by Crippen LogP contribution is -2.37. The minimum absolute atomic E-state index is 0.0512. The van der Waals surface area contributed by atoms with Crippen LogP contribution in [0.25, 0.3) is 10.4 Å². The molecule has 6 nitrogen and oxygen atoms in total. The van der Waals surface area contributed by atoms with Crippen molar-refractivity contribution in [1.29, 1.82) is 0 Å². The van der Waals surface area contributed by atoms with E-state index < -0.39 is 9.84 Å². The summed E-state index contributed by atoms with van der Waals surface area (Å²) in [6.45, 7) is 1.08. The van der Waals surface area contributed by atoms with Crippen molar-refractivity contribution in [3.8, 4) is 21.9 Å². The third-order valence-electron chi connectivity index (χ3n) is 4.72. The average Bonchev–Trinajstić information content (AvgIpc) is 3.26. The van der Waals surface area contributed by atoms with Crippen molar-refractivity contribution in [2.75, 3.05) is 31.8 Å². The van der Waals surface area contributed by atoms with Gasteiger partial charge >= 0.3 is 0 Å². The quantitative estimate of drug-likeness (QED) is 0.801. The Balaban J connectivity index is 1.53. The van der Waals surface area contributed by atoms with Crippen LogP contribution in [0.4, 0.5) is 0 Å². The number of amides is 1. The van der Waals surface area contributed by atoms with Crippen molar-refractivity contribution in [2.45, 2.75) is 12.5 Å². The van der Waals surface area contributed by atoms with Crippen LogP contribution in [0.3, 0.4) is 0 Å². The standard InChI is InChI=1S/C18H19NO5S2/c1-19(13-6-9-26(21,22)11-13)18(20)17-5-4-16(25-17)12-2-3-14-15(10-12)24-8-7-23-14/h2-5,10,13H,6-9,11H2,1H3/t13-/m1/s1. The molecule has 0 unspecified atom stereocenters. The van der Waals surface area contributed by atoms with Gasteiger partial charge in [0, 0.05) is 18.0 Å². The highest BCUT2D eigenvalue weighted by molar-refractivity contribution is 7.91. The Kier molecular flexibility index (Phi) is 4.40. The summed E-state index contributed by atoms with van der Waals surface area (Å²) in [5, 5.41) is 0. The summed E-state index contributed by atoms with van der Waals surface area (Å²) >= 11 is 1.39. The van der Waals surface area contributed by atoms with Crippen LogP contribution in [0.1, 0.15) is 16.1 Å². The van der Waals surface area contributed by atoms with Gasteiger partial charge in [0.1, 0.15) is 13.2 Å². The molecule has 8 heteroatoms. The number of sulfone groups is 1. The molecule has 2 aliphatic rings. The fraction of sp³-hybridized carbons (Fsp3) is 0.389. The molecular formula is C18H19NO5S2.